The first-order chi connectivity index (χ1) is 15.0. The number of nitrogens with zero attached hydrogens (tertiary/aromatic N) is 3. The van der Waals surface area contributed by atoms with Gasteiger partial charge in [0, 0.05) is 6.20 Å². The number of hydrogen-bond acceptors (Lipinski definition) is 5. The van der Waals surface area contributed by atoms with Crippen LogP contribution in [0.1, 0.15) is 38.8 Å². The van der Waals surface area contributed by atoms with Crippen LogP contribution in [0.4, 0.5) is 9.18 Å². The molecule has 1 aromatic carbocycles. The summed E-state index contributed by atoms with van der Waals surface area (Å²) < 4.78 is 19.7. The maximum Gasteiger partial charge on any atom is 0.525 e. The Labute approximate surface area is 197 Å². The van der Waals surface area contributed by atoms with E-state index in [1.807, 2.05) is 0 Å². The third kappa shape index (κ3) is 3.74. The van der Waals surface area contributed by atoms with Gasteiger partial charge < -0.3 is 9.84 Å². The van der Waals surface area contributed by atoms with Crippen molar-refractivity contribution in [2.24, 2.45) is 4.99 Å². The molecule has 1 aliphatic heterocycles. The number of pyridine rings is 1. The fourth-order valence-electron chi connectivity index (χ4n) is 3.75. The number of aliphatic imine (C=N–C) groups is 1. The molecule has 0 bridgehead atoms. The number of carboxylic acid groups (broad SMARTS) is 1. The number of aromatic nitrogens is 1. The minimum absolute atomic E-state index is 0.0118. The zero-order valence-corrected chi connectivity index (χ0v) is 20.2. The monoisotopic (exact) mass is 524 g/mol. The lowest BCUT2D eigenvalue weighted by Crippen LogP contribution is -2.64. The Bertz CT molecular complexity index is 1140. The van der Waals surface area contributed by atoms with E-state index in [2.05, 4.69) is 25.9 Å². The first-order valence-electron chi connectivity index (χ1n) is 9.67. The molecular weight excluding hydrogens is 505 g/mol. The number of quaternary nitrogens is 1. The average Bonchev–Trinajstić information content (AvgIpc) is 3.06. The second-order valence-electron chi connectivity index (χ2n) is 7.94. The van der Waals surface area contributed by atoms with Crippen molar-refractivity contribution in [1.82, 2.24) is 4.98 Å². The summed E-state index contributed by atoms with van der Waals surface area (Å²) in [6, 6.07) is 7.21. The summed E-state index contributed by atoms with van der Waals surface area (Å²) in [5, 5.41) is 10.6. The zero-order valence-electron chi connectivity index (χ0n) is 17.8. The SMILES string of the molecule is CCOC(=O)C1=C(c2ccc(Br)nc2)[N+](C(=O)O)(C(C)(C)C)C(c2c(F)cccc2Cl)=N1. The van der Waals surface area contributed by atoms with Crippen molar-refractivity contribution in [2.45, 2.75) is 33.2 Å². The van der Waals surface area contributed by atoms with Crippen LogP contribution in [0, 0.1) is 5.82 Å². The van der Waals surface area contributed by atoms with Crippen molar-refractivity contribution in [2.75, 3.05) is 6.61 Å². The number of carbonyl (C=O) groups is 2. The molecule has 0 spiro atoms. The van der Waals surface area contributed by atoms with Crippen LogP contribution in [0.25, 0.3) is 5.70 Å². The minimum Gasteiger partial charge on any atom is -0.461 e. The second-order valence-corrected chi connectivity index (χ2v) is 9.16. The number of rotatable bonds is 4. The highest BCUT2D eigenvalue weighted by atomic mass is 79.9. The fourth-order valence-corrected chi connectivity index (χ4v) is 4.23. The first-order valence-corrected chi connectivity index (χ1v) is 10.8. The Balaban J connectivity index is 2.50. The van der Waals surface area contributed by atoms with Gasteiger partial charge in [-0.05, 0) is 67.9 Å². The molecule has 0 radical (unpaired) electrons. The molecule has 0 fully saturated rings. The molecule has 1 atom stereocenters. The number of benzene rings is 1. The summed E-state index contributed by atoms with van der Waals surface area (Å²) in [5.74, 6) is -1.82. The minimum atomic E-state index is -1.37. The van der Waals surface area contributed by atoms with Gasteiger partial charge in [-0.1, -0.05) is 17.7 Å². The Kier molecular flexibility index (Phi) is 6.55. The van der Waals surface area contributed by atoms with Crippen molar-refractivity contribution < 1.29 is 28.3 Å². The van der Waals surface area contributed by atoms with Gasteiger partial charge in [-0.3, -0.25) is 0 Å². The van der Waals surface area contributed by atoms with Crippen molar-refractivity contribution >= 4 is 51.1 Å². The molecule has 3 rings (SSSR count). The molecule has 7 nitrogen and oxygen atoms in total. The largest absolute Gasteiger partial charge is 0.525 e. The van der Waals surface area contributed by atoms with Crippen LogP contribution in [-0.2, 0) is 9.53 Å². The molecule has 1 N–H and O–H groups in total. The van der Waals surface area contributed by atoms with Crippen LogP contribution in [0.5, 0.6) is 0 Å². The normalized spacial score (nSPS) is 18.5. The van der Waals surface area contributed by atoms with E-state index in [1.54, 1.807) is 39.8 Å². The summed E-state index contributed by atoms with van der Waals surface area (Å²) in [7, 11) is 0. The van der Waals surface area contributed by atoms with Crippen LogP contribution in [-0.4, -0.2) is 44.6 Å². The standard InChI is InChI=1S/C22H20BrClFN3O4/c1-5-32-20(29)17-18(12-9-10-15(23)26-11-12)28(21(30)31,22(2,3)4)19(27-17)16-13(24)7-6-8-14(16)25/h6-11H,5H2,1-4H3/p+1. The molecule has 168 valence electrons. The number of halogens is 3. The highest BCUT2D eigenvalue weighted by molar-refractivity contribution is 9.10. The van der Waals surface area contributed by atoms with Gasteiger partial charge in [0.25, 0.3) is 5.84 Å². The van der Waals surface area contributed by atoms with E-state index >= 15 is 4.39 Å². The van der Waals surface area contributed by atoms with E-state index in [4.69, 9.17) is 16.3 Å². The number of carbonyl (C=O) groups excluding carboxylic acids is 1. The predicted molar refractivity (Wildman–Crippen MR) is 121 cm³/mol. The lowest BCUT2D eigenvalue weighted by molar-refractivity contribution is -0.743. The first kappa shape index (κ1) is 24.0. The van der Waals surface area contributed by atoms with Gasteiger partial charge >= 0.3 is 12.1 Å². The van der Waals surface area contributed by atoms with E-state index in [-0.39, 0.29) is 34.4 Å². The van der Waals surface area contributed by atoms with Gasteiger partial charge in [0.2, 0.25) is 5.70 Å². The van der Waals surface area contributed by atoms with Crippen LogP contribution in [0.15, 0.2) is 51.8 Å². The van der Waals surface area contributed by atoms with Gasteiger partial charge in [-0.15, -0.1) is 4.48 Å². The molecule has 0 saturated carbocycles. The van der Waals surface area contributed by atoms with Crippen molar-refractivity contribution in [3.8, 4) is 0 Å². The van der Waals surface area contributed by atoms with E-state index in [9.17, 15) is 14.7 Å². The molecule has 2 heterocycles. The zero-order chi connectivity index (χ0) is 23.8. The Hall–Kier alpha value is -2.62. The molecule has 0 saturated heterocycles. The number of amidine groups is 1. The lowest BCUT2D eigenvalue weighted by Gasteiger charge is -2.41. The van der Waals surface area contributed by atoms with Gasteiger partial charge in [-0.2, -0.15) is 9.79 Å². The number of ether oxygens (including phenoxy) is 1. The van der Waals surface area contributed by atoms with E-state index in [0.29, 0.717) is 10.2 Å². The van der Waals surface area contributed by atoms with Crippen LogP contribution in [0.2, 0.25) is 5.02 Å². The Morgan fingerprint density at radius 3 is 2.44 bits per heavy atom. The number of amides is 1. The summed E-state index contributed by atoms with van der Waals surface area (Å²) in [6.07, 6.45) is 0.0506. The van der Waals surface area contributed by atoms with E-state index in [0.717, 1.165) is 6.07 Å². The van der Waals surface area contributed by atoms with Crippen LogP contribution < -0.4 is 0 Å². The summed E-state index contributed by atoms with van der Waals surface area (Å²) in [6.45, 7) is 6.64. The molecule has 32 heavy (non-hydrogen) atoms. The van der Waals surface area contributed by atoms with Crippen LogP contribution in [0.3, 0.4) is 0 Å². The maximum absolute atomic E-state index is 15.0. The highest BCUT2D eigenvalue weighted by Crippen LogP contribution is 2.47. The smallest absolute Gasteiger partial charge is 0.461 e. The molecule has 1 unspecified atom stereocenters. The van der Waals surface area contributed by atoms with Crippen molar-refractivity contribution in [1.29, 1.82) is 0 Å². The fraction of sp³-hybridized carbons (Fsp3) is 0.273. The molecule has 1 aliphatic rings. The molecule has 0 aliphatic carbocycles. The predicted octanol–water partition coefficient (Wildman–Crippen LogP) is 5.62. The third-order valence-corrected chi connectivity index (χ3v) is 5.83. The Morgan fingerprint density at radius 2 is 1.94 bits per heavy atom. The quantitative estimate of drug-likeness (QED) is 0.318. The molecule has 1 aromatic heterocycles. The van der Waals surface area contributed by atoms with Crippen molar-refractivity contribution in [3.05, 3.63) is 68.8 Å². The van der Waals surface area contributed by atoms with Gasteiger partial charge in [0.05, 0.1) is 17.2 Å². The number of hydrogen-bond donors (Lipinski definition) is 1. The second kappa shape index (κ2) is 8.73. The molecule has 2 aromatic rings. The average molecular weight is 526 g/mol. The molecule has 1 amide bonds. The Morgan fingerprint density at radius 1 is 1.25 bits per heavy atom. The third-order valence-electron chi connectivity index (χ3n) is 5.04. The van der Waals surface area contributed by atoms with Crippen LogP contribution >= 0.6 is 27.5 Å². The molecule has 10 heteroatoms. The lowest BCUT2D eigenvalue weighted by atomic mass is 9.95. The topological polar surface area (TPSA) is 88.8 Å². The number of esters is 1. The van der Waals surface area contributed by atoms with Crippen molar-refractivity contribution in [3.63, 3.8) is 0 Å². The van der Waals surface area contributed by atoms with Gasteiger partial charge in [0.15, 0.2) is 5.70 Å². The summed E-state index contributed by atoms with van der Waals surface area (Å²) >= 11 is 9.57. The molecular formula is C22H21BrClFN3O4+. The van der Waals surface area contributed by atoms with E-state index < -0.39 is 27.9 Å². The van der Waals surface area contributed by atoms with Gasteiger partial charge in [-0.25, -0.2) is 14.2 Å². The van der Waals surface area contributed by atoms with E-state index in [1.165, 1.54) is 18.3 Å². The maximum atomic E-state index is 15.0. The summed E-state index contributed by atoms with van der Waals surface area (Å²) in [4.78, 5) is 34.5. The van der Waals surface area contributed by atoms with Gasteiger partial charge in [0.1, 0.15) is 21.5 Å². The summed E-state index contributed by atoms with van der Waals surface area (Å²) in [5.41, 5.74) is -1.25. The highest BCUT2D eigenvalue weighted by Gasteiger charge is 2.63.